The van der Waals surface area contributed by atoms with Gasteiger partial charge in [0.25, 0.3) is 0 Å². The highest BCUT2D eigenvalue weighted by Gasteiger charge is 2.24. The van der Waals surface area contributed by atoms with Crippen LogP contribution in [-0.2, 0) is 0 Å². The highest BCUT2D eigenvalue weighted by Crippen LogP contribution is 2.34. The van der Waals surface area contributed by atoms with Crippen molar-refractivity contribution >= 4 is 12.0 Å². The number of methoxy groups -OCH3 is 1. The fraction of sp³-hybridized carbons (Fsp3) is 0.222. The first-order valence-corrected chi connectivity index (χ1v) is 4.58. The molecule has 0 spiro atoms. The van der Waals surface area contributed by atoms with Crippen molar-refractivity contribution < 1.29 is 9.66 Å². The molecule has 0 bridgehead atoms. The summed E-state index contributed by atoms with van der Waals surface area (Å²) in [6.07, 6.45) is 1.12. The summed E-state index contributed by atoms with van der Waals surface area (Å²) < 4.78 is 5.07. The van der Waals surface area contributed by atoms with Crippen molar-refractivity contribution in [2.75, 3.05) is 7.11 Å². The minimum absolute atomic E-state index is 0.0658. The number of ether oxygens (including phenoxy) is 1. The number of nitro benzene ring substituents is 1. The molecule has 7 heteroatoms. The molecule has 1 unspecified atom stereocenters. The van der Waals surface area contributed by atoms with Gasteiger partial charge in [0.1, 0.15) is 6.17 Å². The fourth-order valence-electron chi connectivity index (χ4n) is 1.55. The van der Waals surface area contributed by atoms with Gasteiger partial charge in [-0.2, -0.15) is 0 Å². The number of nitro groups is 1. The van der Waals surface area contributed by atoms with Crippen LogP contribution in [0.1, 0.15) is 11.7 Å². The van der Waals surface area contributed by atoms with Crippen LogP contribution in [0.5, 0.6) is 5.75 Å². The van der Waals surface area contributed by atoms with Gasteiger partial charge < -0.3 is 10.2 Å². The number of nitrogens with one attached hydrogen (secondary N) is 2. The molecule has 1 aliphatic heterocycles. The third kappa shape index (κ3) is 1.68. The zero-order valence-corrected chi connectivity index (χ0v) is 8.51. The van der Waals surface area contributed by atoms with Gasteiger partial charge in [-0.05, 0) is 0 Å². The number of aliphatic imine (C=N–C) groups is 1. The zero-order valence-electron chi connectivity index (χ0n) is 8.51. The second kappa shape index (κ2) is 4.15. The topological polar surface area (TPSA) is 88.8 Å². The Morgan fingerprint density at radius 3 is 2.94 bits per heavy atom. The molecule has 16 heavy (non-hydrogen) atoms. The maximum absolute atomic E-state index is 10.8. The van der Waals surface area contributed by atoms with E-state index in [4.69, 9.17) is 4.74 Å². The van der Waals surface area contributed by atoms with Crippen molar-refractivity contribution in [3.8, 4) is 5.75 Å². The third-order valence-electron chi connectivity index (χ3n) is 2.23. The molecule has 7 nitrogen and oxygen atoms in total. The van der Waals surface area contributed by atoms with E-state index in [1.54, 1.807) is 12.1 Å². The molecule has 1 aromatic rings. The minimum atomic E-state index is -0.478. The lowest BCUT2D eigenvalue weighted by molar-refractivity contribution is -0.385. The molecule has 1 heterocycles. The molecule has 84 valence electrons. The standard InChI is InChI=1S/C9H10N4O3/c1-16-8-6(9-10-5-11-12-9)3-2-4-7(8)13(14)15/h2-5,9,12H,1H3,(H,10,11). The van der Waals surface area contributed by atoms with Crippen LogP contribution >= 0.6 is 0 Å². The van der Waals surface area contributed by atoms with Gasteiger partial charge >= 0.3 is 5.69 Å². The summed E-state index contributed by atoms with van der Waals surface area (Å²) in [7, 11) is 1.40. The van der Waals surface area contributed by atoms with E-state index in [-0.39, 0.29) is 17.6 Å². The molecule has 0 aliphatic carbocycles. The number of rotatable bonds is 3. The molecular weight excluding hydrogens is 212 g/mol. The second-order valence-corrected chi connectivity index (χ2v) is 3.13. The van der Waals surface area contributed by atoms with Gasteiger partial charge in [0, 0.05) is 11.6 Å². The van der Waals surface area contributed by atoms with Crippen LogP contribution in [0, 0.1) is 10.1 Å². The molecule has 0 fully saturated rings. The Labute approximate surface area is 91.3 Å². The van der Waals surface area contributed by atoms with E-state index in [2.05, 4.69) is 15.8 Å². The lowest BCUT2D eigenvalue weighted by Crippen LogP contribution is -2.26. The average molecular weight is 222 g/mol. The van der Waals surface area contributed by atoms with E-state index in [0.29, 0.717) is 5.56 Å². The van der Waals surface area contributed by atoms with Gasteiger partial charge in [0.2, 0.25) is 5.75 Å². The Balaban J connectivity index is 2.48. The number of para-hydroxylation sites is 1. The fourth-order valence-corrected chi connectivity index (χ4v) is 1.55. The normalized spacial score (nSPS) is 18.2. The summed E-state index contributed by atoms with van der Waals surface area (Å²) in [5, 5.41) is 10.8. The van der Waals surface area contributed by atoms with Gasteiger partial charge in [0.15, 0.2) is 0 Å². The van der Waals surface area contributed by atoms with Crippen LogP contribution in [0.25, 0.3) is 0 Å². The number of hydrogen-bond acceptors (Lipinski definition) is 6. The highest BCUT2D eigenvalue weighted by molar-refractivity contribution is 5.59. The number of hydrazine groups is 1. The Bertz CT molecular complexity index is 446. The first-order chi connectivity index (χ1) is 7.74. The Kier molecular flexibility index (Phi) is 2.69. The van der Waals surface area contributed by atoms with Crippen LogP contribution in [0.4, 0.5) is 5.69 Å². The summed E-state index contributed by atoms with van der Waals surface area (Å²) in [6, 6.07) is 4.73. The molecule has 2 N–H and O–H groups in total. The zero-order chi connectivity index (χ0) is 11.5. The second-order valence-electron chi connectivity index (χ2n) is 3.13. The maximum Gasteiger partial charge on any atom is 0.311 e. The van der Waals surface area contributed by atoms with Gasteiger partial charge in [-0.1, -0.05) is 12.1 Å². The Morgan fingerprint density at radius 2 is 2.38 bits per heavy atom. The summed E-state index contributed by atoms with van der Waals surface area (Å²) in [4.78, 5) is 14.4. The molecule has 1 aromatic carbocycles. The van der Waals surface area contributed by atoms with E-state index in [0.717, 1.165) is 0 Å². The summed E-state index contributed by atoms with van der Waals surface area (Å²) in [5.41, 5.74) is 6.10. The van der Waals surface area contributed by atoms with Gasteiger partial charge in [0.05, 0.1) is 18.4 Å². The maximum atomic E-state index is 10.8. The van der Waals surface area contributed by atoms with Gasteiger partial charge in [-0.15, -0.1) is 0 Å². The molecule has 0 saturated carbocycles. The summed E-state index contributed by atoms with van der Waals surface area (Å²) >= 11 is 0. The van der Waals surface area contributed by atoms with E-state index in [1.165, 1.54) is 19.5 Å². The van der Waals surface area contributed by atoms with E-state index in [9.17, 15) is 10.1 Å². The van der Waals surface area contributed by atoms with Crippen LogP contribution < -0.4 is 15.6 Å². The van der Waals surface area contributed by atoms with Crippen LogP contribution in [0.15, 0.2) is 23.2 Å². The largest absolute Gasteiger partial charge is 0.490 e. The van der Waals surface area contributed by atoms with E-state index < -0.39 is 4.92 Å². The summed E-state index contributed by atoms with van der Waals surface area (Å²) in [5.74, 6) is 0.228. The van der Waals surface area contributed by atoms with Crippen LogP contribution in [0.3, 0.4) is 0 Å². The predicted molar refractivity (Wildman–Crippen MR) is 57.2 cm³/mol. The molecule has 1 aliphatic rings. The van der Waals surface area contributed by atoms with Crippen molar-refractivity contribution in [3.05, 3.63) is 33.9 Å². The average Bonchev–Trinajstić information content (AvgIpc) is 2.81. The van der Waals surface area contributed by atoms with E-state index in [1.807, 2.05) is 0 Å². The van der Waals surface area contributed by atoms with Gasteiger partial charge in [-0.25, -0.2) is 10.4 Å². The van der Waals surface area contributed by atoms with Crippen molar-refractivity contribution in [2.24, 2.45) is 4.99 Å². The van der Waals surface area contributed by atoms with Crippen LogP contribution in [0.2, 0.25) is 0 Å². The minimum Gasteiger partial charge on any atom is -0.490 e. The first-order valence-electron chi connectivity index (χ1n) is 4.58. The molecule has 1 atom stereocenters. The molecule has 0 radical (unpaired) electrons. The quantitative estimate of drug-likeness (QED) is 0.581. The monoisotopic (exact) mass is 222 g/mol. The molecule has 0 amide bonds. The highest BCUT2D eigenvalue weighted by atomic mass is 16.6. The molecule has 0 aromatic heterocycles. The first kappa shape index (κ1) is 10.4. The lowest BCUT2D eigenvalue weighted by atomic mass is 10.1. The lowest BCUT2D eigenvalue weighted by Gasteiger charge is -2.12. The van der Waals surface area contributed by atoms with Crippen LogP contribution in [-0.4, -0.2) is 18.4 Å². The van der Waals surface area contributed by atoms with E-state index >= 15 is 0 Å². The summed E-state index contributed by atoms with van der Waals surface area (Å²) in [6.45, 7) is 0. The molecular formula is C9H10N4O3. The number of benzene rings is 1. The molecule has 0 saturated heterocycles. The van der Waals surface area contributed by atoms with Gasteiger partial charge in [-0.3, -0.25) is 10.1 Å². The number of hydrogen-bond donors (Lipinski definition) is 2. The Hall–Kier alpha value is -2.15. The van der Waals surface area contributed by atoms with Crippen molar-refractivity contribution in [3.63, 3.8) is 0 Å². The third-order valence-corrected chi connectivity index (χ3v) is 2.23. The van der Waals surface area contributed by atoms with Crippen molar-refractivity contribution in [2.45, 2.75) is 6.17 Å². The molecule has 2 rings (SSSR count). The SMILES string of the molecule is COc1c(C2N=CNN2)cccc1[N+](=O)[O-]. The predicted octanol–water partition coefficient (Wildman–Crippen LogP) is 0.738. The smallest absolute Gasteiger partial charge is 0.311 e. The van der Waals surface area contributed by atoms with Crippen molar-refractivity contribution in [1.29, 1.82) is 0 Å². The number of nitrogens with zero attached hydrogens (tertiary/aromatic N) is 2. The van der Waals surface area contributed by atoms with Crippen molar-refractivity contribution in [1.82, 2.24) is 10.9 Å². The Morgan fingerprint density at radius 1 is 1.56 bits per heavy atom.